The SMILES string of the molecule is C/C=C(/C)CNC1CCNCC1. The van der Waals surface area contributed by atoms with Crippen molar-refractivity contribution < 1.29 is 0 Å². The molecule has 0 unspecified atom stereocenters. The molecular formula is C10H20N2. The van der Waals surface area contributed by atoms with E-state index in [-0.39, 0.29) is 0 Å². The molecule has 2 nitrogen and oxygen atoms in total. The molecule has 0 aliphatic carbocycles. The molecule has 0 aromatic carbocycles. The Bertz CT molecular complexity index is 146. The average Bonchev–Trinajstić information content (AvgIpc) is 2.16. The molecule has 0 radical (unpaired) electrons. The summed E-state index contributed by atoms with van der Waals surface area (Å²) >= 11 is 0. The van der Waals surface area contributed by atoms with E-state index in [0.29, 0.717) is 0 Å². The zero-order chi connectivity index (χ0) is 8.81. The number of hydrogen-bond donors (Lipinski definition) is 2. The Labute approximate surface area is 75.4 Å². The maximum absolute atomic E-state index is 3.56. The van der Waals surface area contributed by atoms with Crippen molar-refractivity contribution in [2.24, 2.45) is 0 Å². The summed E-state index contributed by atoms with van der Waals surface area (Å²) in [6.07, 6.45) is 4.72. The van der Waals surface area contributed by atoms with Crippen LogP contribution in [0, 0.1) is 0 Å². The lowest BCUT2D eigenvalue weighted by Gasteiger charge is -2.23. The summed E-state index contributed by atoms with van der Waals surface area (Å²) in [5.41, 5.74) is 1.44. The highest BCUT2D eigenvalue weighted by Crippen LogP contribution is 2.02. The third-order valence-electron chi connectivity index (χ3n) is 2.50. The van der Waals surface area contributed by atoms with Gasteiger partial charge in [0.2, 0.25) is 0 Å². The molecule has 0 bridgehead atoms. The van der Waals surface area contributed by atoms with E-state index in [2.05, 4.69) is 30.6 Å². The Morgan fingerprint density at radius 3 is 2.75 bits per heavy atom. The van der Waals surface area contributed by atoms with Crippen LogP contribution in [-0.4, -0.2) is 25.7 Å². The number of rotatable bonds is 3. The fraction of sp³-hybridized carbons (Fsp3) is 0.800. The Balaban J connectivity index is 2.13. The number of piperidine rings is 1. The average molecular weight is 168 g/mol. The summed E-state index contributed by atoms with van der Waals surface area (Å²) in [5.74, 6) is 0. The van der Waals surface area contributed by atoms with Gasteiger partial charge in [-0.15, -0.1) is 0 Å². The van der Waals surface area contributed by atoms with Crippen LogP contribution in [0.2, 0.25) is 0 Å². The van der Waals surface area contributed by atoms with Gasteiger partial charge in [0.1, 0.15) is 0 Å². The maximum Gasteiger partial charge on any atom is 0.0164 e. The van der Waals surface area contributed by atoms with Crippen LogP contribution in [0.15, 0.2) is 11.6 Å². The van der Waals surface area contributed by atoms with Crippen LogP contribution in [0.4, 0.5) is 0 Å². The molecule has 1 heterocycles. The van der Waals surface area contributed by atoms with Crippen LogP contribution < -0.4 is 10.6 Å². The second kappa shape index (κ2) is 5.33. The lowest BCUT2D eigenvalue weighted by molar-refractivity contribution is 0.397. The quantitative estimate of drug-likeness (QED) is 0.621. The smallest absolute Gasteiger partial charge is 0.0164 e. The largest absolute Gasteiger partial charge is 0.317 e. The Hall–Kier alpha value is -0.340. The van der Waals surface area contributed by atoms with Crippen molar-refractivity contribution in [1.29, 1.82) is 0 Å². The van der Waals surface area contributed by atoms with Gasteiger partial charge in [0.25, 0.3) is 0 Å². The van der Waals surface area contributed by atoms with E-state index in [1.54, 1.807) is 0 Å². The molecule has 2 N–H and O–H groups in total. The highest BCUT2D eigenvalue weighted by atomic mass is 15.0. The van der Waals surface area contributed by atoms with Crippen molar-refractivity contribution in [3.63, 3.8) is 0 Å². The molecule has 12 heavy (non-hydrogen) atoms. The van der Waals surface area contributed by atoms with Crippen LogP contribution in [0.3, 0.4) is 0 Å². The van der Waals surface area contributed by atoms with Crippen molar-refractivity contribution in [3.8, 4) is 0 Å². The van der Waals surface area contributed by atoms with Gasteiger partial charge in [-0.25, -0.2) is 0 Å². The first kappa shape index (κ1) is 9.75. The zero-order valence-electron chi connectivity index (χ0n) is 8.19. The first-order valence-corrected chi connectivity index (χ1v) is 4.89. The molecule has 0 amide bonds. The summed E-state index contributed by atoms with van der Waals surface area (Å²) in [7, 11) is 0. The lowest BCUT2D eigenvalue weighted by atomic mass is 10.1. The number of nitrogens with one attached hydrogen (secondary N) is 2. The second-order valence-corrected chi connectivity index (χ2v) is 3.54. The summed E-state index contributed by atoms with van der Waals surface area (Å²) in [6.45, 7) is 7.67. The van der Waals surface area contributed by atoms with Crippen molar-refractivity contribution in [2.45, 2.75) is 32.7 Å². The van der Waals surface area contributed by atoms with Gasteiger partial charge in [-0.2, -0.15) is 0 Å². The molecule has 2 heteroatoms. The third kappa shape index (κ3) is 3.37. The van der Waals surface area contributed by atoms with Gasteiger partial charge >= 0.3 is 0 Å². The molecule has 0 spiro atoms. The van der Waals surface area contributed by atoms with Gasteiger partial charge in [0.05, 0.1) is 0 Å². The maximum atomic E-state index is 3.56. The summed E-state index contributed by atoms with van der Waals surface area (Å²) in [5, 5.41) is 6.93. The van der Waals surface area contributed by atoms with Crippen LogP contribution >= 0.6 is 0 Å². The van der Waals surface area contributed by atoms with Crippen LogP contribution in [0.25, 0.3) is 0 Å². The predicted octanol–water partition coefficient (Wildman–Crippen LogP) is 1.29. The molecular weight excluding hydrogens is 148 g/mol. The summed E-state index contributed by atoms with van der Waals surface area (Å²) in [4.78, 5) is 0. The van der Waals surface area contributed by atoms with Crippen molar-refractivity contribution in [2.75, 3.05) is 19.6 Å². The van der Waals surface area contributed by atoms with E-state index in [4.69, 9.17) is 0 Å². The fourth-order valence-corrected chi connectivity index (χ4v) is 1.43. The third-order valence-corrected chi connectivity index (χ3v) is 2.50. The van der Waals surface area contributed by atoms with E-state index in [9.17, 15) is 0 Å². The van der Waals surface area contributed by atoms with Crippen molar-refractivity contribution in [1.82, 2.24) is 10.6 Å². The highest BCUT2D eigenvalue weighted by Gasteiger charge is 2.10. The Kier molecular flexibility index (Phi) is 4.33. The zero-order valence-corrected chi connectivity index (χ0v) is 8.19. The summed E-state index contributed by atoms with van der Waals surface area (Å²) in [6, 6.07) is 0.737. The Morgan fingerprint density at radius 1 is 1.50 bits per heavy atom. The molecule has 0 aromatic rings. The van der Waals surface area contributed by atoms with Gasteiger partial charge < -0.3 is 10.6 Å². The van der Waals surface area contributed by atoms with Gasteiger partial charge in [-0.05, 0) is 39.8 Å². The van der Waals surface area contributed by atoms with E-state index in [1.807, 2.05) is 0 Å². The Morgan fingerprint density at radius 2 is 2.17 bits per heavy atom. The predicted molar refractivity (Wildman–Crippen MR) is 53.3 cm³/mol. The summed E-state index contributed by atoms with van der Waals surface area (Å²) < 4.78 is 0. The molecule has 0 atom stereocenters. The van der Waals surface area contributed by atoms with E-state index in [1.165, 1.54) is 31.5 Å². The standard InChI is InChI=1S/C10H20N2/c1-3-9(2)8-12-10-4-6-11-7-5-10/h3,10-12H,4-8H2,1-2H3/b9-3-. The first-order valence-electron chi connectivity index (χ1n) is 4.89. The molecule has 1 fully saturated rings. The molecule has 70 valence electrons. The number of hydrogen-bond acceptors (Lipinski definition) is 2. The van der Waals surface area contributed by atoms with Crippen molar-refractivity contribution >= 4 is 0 Å². The van der Waals surface area contributed by atoms with Gasteiger partial charge in [0, 0.05) is 12.6 Å². The first-order chi connectivity index (χ1) is 5.83. The van der Waals surface area contributed by atoms with Gasteiger partial charge in [-0.3, -0.25) is 0 Å². The molecule has 0 aromatic heterocycles. The fourth-order valence-electron chi connectivity index (χ4n) is 1.43. The van der Waals surface area contributed by atoms with E-state index >= 15 is 0 Å². The normalized spacial score (nSPS) is 21.3. The van der Waals surface area contributed by atoms with E-state index in [0.717, 1.165) is 12.6 Å². The second-order valence-electron chi connectivity index (χ2n) is 3.54. The molecule has 1 aliphatic heterocycles. The number of allylic oxidation sites excluding steroid dienone is 1. The minimum atomic E-state index is 0.737. The van der Waals surface area contributed by atoms with Crippen LogP contribution in [0.5, 0.6) is 0 Å². The monoisotopic (exact) mass is 168 g/mol. The lowest BCUT2D eigenvalue weighted by Crippen LogP contribution is -2.40. The molecule has 1 rings (SSSR count). The van der Waals surface area contributed by atoms with Crippen LogP contribution in [-0.2, 0) is 0 Å². The molecule has 1 saturated heterocycles. The minimum absolute atomic E-state index is 0.737. The van der Waals surface area contributed by atoms with E-state index < -0.39 is 0 Å². The molecule has 1 aliphatic rings. The topological polar surface area (TPSA) is 24.1 Å². The minimum Gasteiger partial charge on any atom is -0.317 e. The highest BCUT2D eigenvalue weighted by molar-refractivity contribution is 4.98. The van der Waals surface area contributed by atoms with Gasteiger partial charge in [-0.1, -0.05) is 11.6 Å². The van der Waals surface area contributed by atoms with Crippen molar-refractivity contribution in [3.05, 3.63) is 11.6 Å². The van der Waals surface area contributed by atoms with Gasteiger partial charge in [0.15, 0.2) is 0 Å². The van der Waals surface area contributed by atoms with Crippen LogP contribution in [0.1, 0.15) is 26.7 Å². The molecule has 0 saturated carbocycles.